The third-order valence-corrected chi connectivity index (χ3v) is 2.11. The third-order valence-electron chi connectivity index (χ3n) is 2.11. The summed E-state index contributed by atoms with van der Waals surface area (Å²) in [7, 11) is 1.16. The van der Waals surface area contributed by atoms with Gasteiger partial charge < -0.3 is 14.2 Å². The van der Waals surface area contributed by atoms with E-state index in [9.17, 15) is 23.7 Å². The van der Waals surface area contributed by atoms with Crippen molar-refractivity contribution in [3.63, 3.8) is 0 Å². The molecule has 1 aromatic rings. The average molecular weight is 291 g/mol. The number of hydrogen-bond donors (Lipinski definition) is 0. The van der Waals surface area contributed by atoms with Crippen molar-refractivity contribution >= 4 is 11.7 Å². The number of esters is 1. The first-order valence-electron chi connectivity index (χ1n) is 5.38. The Morgan fingerprint density at radius 1 is 1.40 bits per heavy atom. The molecule has 0 amide bonds. The number of non-ortho nitro benzene ring substituents is 1. The third kappa shape index (κ3) is 3.53. The molecule has 0 radical (unpaired) electrons. The number of hydrogen-bond acceptors (Lipinski definition) is 6. The van der Waals surface area contributed by atoms with Crippen LogP contribution in [0, 0.1) is 10.1 Å². The Morgan fingerprint density at radius 3 is 2.55 bits per heavy atom. The lowest BCUT2D eigenvalue weighted by Crippen LogP contribution is -2.37. The fourth-order valence-electron chi connectivity index (χ4n) is 1.25. The molecule has 0 unspecified atom stereocenters. The summed E-state index contributed by atoms with van der Waals surface area (Å²) >= 11 is 0. The number of nitrogens with zero attached hydrogens (tertiary/aromatic N) is 1. The lowest BCUT2D eigenvalue weighted by atomic mass is 10.3. The molecule has 0 aliphatic carbocycles. The molecule has 0 aliphatic heterocycles. The monoisotopic (exact) mass is 291 g/mol. The van der Waals surface area contributed by atoms with Crippen LogP contribution in [-0.4, -0.2) is 30.7 Å². The van der Waals surface area contributed by atoms with Gasteiger partial charge in [-0.3, -0.25) is 10.1 Å². The van der Waals surface area contributed by atoms with Crippen LogP contribution in [0.3, 0.4) is 0 Å². The molecule has 9 heteroatoms. The van der Waals surface area contributed by atoms with Gasteiger partial charge in [0.15, 0.2) is 11.5 Å². The predicted molar refractivity (Wildman–Crippen MR) is 61.9 cm³/mol. The van der Waals surface area contributed by atoms with Gasteiger partial charge in [-0.2, -0.15) is 8.78 Å². The Morgan fingerprint density at radius 2 is 2.05 bits per heavy atom. The number of carbonyl (C=O) groups is 1. The Balaban J connectivity index is 3.08. The van der Waals surface area contributed by atoms with E-state index in [-0.39, 0.29) is 12.4 Å². The standard InChI is InChI=1S/C11H11F2NO6/c1-3-19-10(15)11(12,13)20-9-6-7(14(16)17)4-5-8(9)18-2/h4-6H,3H2,1-2H3. The van der Waals surface area contributed by atoms with Gasteiger partial charge >= 0.3 is 12.1 Å². The lowest BCUT2D eigenvalue weighted by Gasteiger charge is -2.17. The molecule has 0 fully saturated rings. The normalized spacial score (nSPS) is 10.8. The van der Waals surface area contributed by atoms with Crippen LogP contribution in [0.15, 0.2) is 18.2 Å². The van der Waals surface area contributed by atoms with Gasteiger partial charge in [0.05, 0.1) is 24.7 Å². The Hall–Kier alpha value is -2.45. The van der Waals surface area contributed by atoms with Gasteiger partial charge in [-0.05, 0) is 13.0 Å². The minimum absolute atomic E-state index is 0.181. The van der Waals surface area contributed by atoms with E-state index in [0.29, 0.717) is 0 Å². The van der Waals surface area contributed by atoms with E-state index in [1.54, 1.807) is 0 Å². The predicted octanol–water partition coefficient (Wildman–Crippen LogP) is 2.14. The minimum atomic E-state index is -4.28. The van der Waals surface area contributed by atoms with E-state index in [1.807, 2.05) is 0 Å². The summed E-state index contributed by atoms with van der Waals surface area (Å²) in [6.07, 6.45) is -4.28. The topological polar surface area (TPSA) is 87.9 Å². The number of alkyl halides is 2. The highest BCUT2D eigenvalue weighted by atomic mass is 19.3. The fraction of sp³-hybridized carbons (Fsp3) is 0.364. The quantitative estimate of drug-likeness (QED) is 0.453. The Labute approximate surface area is 112 Å². The Kier molecular flexibility index (Phi) is 4.78. The summed E-state index contributed by atoms with van der Waals surface area (Å²) in [5.41, 5.74) is -0.486. The van der Waals surface area contributed by atoms with Gasteiger partial charge in [-0.25, -0.2) is 4.79 Å². The number of ether oxygens (including phenoxy) is 3. The molecule has 1 rings (SSSR count). The largest absolute Gasteiger partial charge is 0.502 e. The van der Waals surface area contributed by atoms with E-state index in [2.05, 4.69) is 9.47 Å². The van der Waals surface area contributed by atoms with Crippen molar-refractivity contribution in [3.8, 4) is 11.5 Å². The van der Waals surface area contributed by atoms with Gasteiger partial charge in [0, 0.05) is 6.07 Å². The first kappa shape index (κ1) is 15.6. The minimum Gasteiger partial charge on any atom is -0.493 e. The zero-order valence-corrected chi connectivity index (χ0v) is 10.6. The van der Waals surface area contributed by atoms with Gasteiger partial charge in [-0.1, -0.05) is 0 Å². The molecule has 7 nitrogen and oxygen atoms in total. The average Bonchev–Trinajstić information content (AvgIpc) is 2.38. The first-order chi connectivity index (χ1) is 9.31. The van der Waals surface area contributed by atoms with Crippen molar-refractivity contribution in [2.75, 3.05) is 13.7 Å². The Bertz CT molecular complexity index is 520. The van der Waals surface area contributed by atoms with Crippen LogP contribution in [0.25, 0.3) is 0 Å². The second-order valence-corrected chi connectivity index (χ2v) is 3.43. The zero-order valence-electron chi connectivity index (χ0n) is 10.6. The smallest absolute Gasteiger partial charge is 0.493 e. The van der Waals surface area contributed by atoms with E-state index in [4.69, 9.17) is 4.74 Å². The number of rotatable bonds is 6. The molecule has 0 N–H and O–H groups in total. The van der Waals surface area contributed by atoms with Gasteiger partial charge in [0.1, 0.15) is 0 Å². The van der Waals surface area contributed by atoms with Crippen LogP contribution in [0.4, 0.5) is 14.5 Å². The second-order valence-electron chi connectivity index (χ2n) is 3.43. The summed E-state index contributed by atoms with van der Waals surface area (Å²) in [5.74, 6) is -2.71. The van der Waals surface area contributed by atoms with Crippen LogP contribution in [-0.2, 0) is 9.53 Å². The van der Waals surface area contributed by atoms with Crippen molar-refractivity contribution in [1.29, 1.82) is 0 Å². The summed E-state index contributed by atoms with van der Waals surface area (Å²) < 4.78 is 39.9. The van der Waals surface area contributed by atoms with Crippen molar-refractivity contribution in [1.82, 2.24) is 0 Å². The van der Waals surface area contributed by atoms with Gasteiger partial charge in [0.25, 0.3) is 5.69 Å². The molecule has 0 spiro atoms. The highest BCUT2D eigenvalue weighted by Crippen LogP contribution is 2.35. The molecule has 110 valence electrons. The number of halogens is 2. The maximum absolute atomic E-state index is 13.4. The number of nitro groups is 1. The fourth-order valence-corrected chi connectivity index (χ4v) is 1.25. The molecule has 1 aromatic carbocycles. The summed E-state index contributed by atoms with van der Waals surface area (Å²) in [5, 5.41) is 10.6. The SMILES string of the molecule is CCOC(=O)C(F)(F)Oc1cc([N+](=O)[O-])ccc1OC. The van der Waals surface area contributed by atoms with Gasteiger partial charge in [-0.15, -0.1) is 0 Å². The summed E-state index contributed by atoms with van der Waals surface area (Å²) in [6.45, 7) is 1.09. The van der Waals surface area contributed by atoms with E-state index < -0.39 is 28.4 Å². The van der Waals surface area contributed by atoms with Crippen molar-refractivity contribution in [3.05, 3.63) is 28.3 Å². The number of methoxy groups -OCH3 is 1. The molecule has 0 aliphatic rings. The van der Waals surface area contributed by atoms with Crippen molar-refractivity contribution in [2.45, 2.75) is 13.0 Å². The maximum Gasteiger partial charge on any atom is 0.502 e. The first-order valence-corrected chi connectivity index (χ1v) is 5.38. The highest BCUT2D eigenvalue weighted by Gasteiger charge is 2.45. The van der Waals surface area contributed by atoms with E-state index in [0.717, 1.165) is 25.3 Å². The van der Waals surface area contributed by atoms with E-state index >= 15 is 0 Å². The molecular formula is C11H11F2NO6. The molecule has 0 heterocycles. The molecule has 0 bridgehead atoms. The van der Waals surface area contributed by atoms with E-state index in [1.165, 1.54) is 6.92 Å². The number of benzene rings is 1. The molecule has 0 aromatic heterocycles. The van der Waals surface area contributed by atoms with Crippen LogP contribution >= 0.6 is 0 Å². The highest BCUT2D eigenvalue weighted by molar-refractivity contribution is 5.76. The molecule has 20 heavy (non-hydrogen) atoms. The molecule has 0 saturated carbocycles. The maximum atomic E-state index is 13.4. The van der Waals surface area contributed by atoms with Crippen LogP contribution in [0.5, 0.6) is 11.5 Å². The van der Waals surface area contributed by atoms with Crippen LogP contribution in [0.2, 0.25) is 0 Å². The van der Waals surface area contributed by atoms with Crippen molar-refractivity contribution in [2.24, 2.45) is 0 Å². The lowest BCUT2D eigenvalue weighted by molar-refractivity contribution is -0.385. The van der Waals surface area contributed by atoms with Crippen LogP contribution in [0.1, 0.15) is 6.92 Å². The molecule has 0 saturated heterocycles. The number of nitro benzene ring substituents is 1. The summed E-state index contributed by atoms with van der Waals surface area (Å²) in [4.78, 5) is 20.8. The van der Waals surface area contributed by atoms with Gasteiger partial charge in [0.2, 0.25) is 0 Å². The number of carbonyl (C=O) groups excluding carboxylic acids is 1. The van der Waals surface area contributed by atoms with Crippen LogP contribution < -0.4 is 9.47 Å². The summed E-state index contributed by atoms with van der Waals surface area (Å²) in [6, 6.07) is 2.86. The van der Waals surface area contributed by atoms with Crippen molar-refractivity contribution < 1.29 is 32.7 Å². The second kappa shape index (κ2) is 6.13. The molecular weight excluding hydrogens is 280 g/mol. The zero-order chi connectivity index (χ0) is 15.3. The molecule has 0 atom stereocenters.